The van der Waals surface area contributed by atoms with Crippen molar-refractivity contribution in [2.24, 2.45) is 5.10 Å². The lowest BCUT2D eigenvalue weighted by atomic mass is 10.2. The molecule has 3 aromatic carbocycles. The minimum atomic E-state index is -3.95. The number of rotatable bonds is 8. The van der Waals surface area contributed by atoms with Gasteiger partial charge in [0.1, 0.15) is 6.54 Å². The number of anilines is 2. The molecule has 0 heterocycles. The Morgan fingerprint density at radius 3 is 2.39 bits per heavy atom. The largest absolute Gasteiger partial charge is 0.377 e. The third-order valence-electron chi connectivity index (χ3n) is 4.76. The Hall–Kier alpha value is -3.17. The van der Waals surface area contributed by atoms with Crippen molar-refractivity contribution in [1.29, 1.82) is 0 Å². The maximum atomic E-state index is 13.3. The van der Waals surface area contributed by atoms with Gasteiger partial charge in [-0.3, -0.25) is 9.10 Å². The molecule has 0 aliphatic heterocycles. The predicted molar refractivity (Wildman–Crippen MR) is 136 cm³/mol. The van der Waals surface area contributed by atoms with Gasteiger partial charge in [0, 0.05) is 18.6 Å². The molecule has 7 nitrogen and oxygen atoms in total. The fraction of sp³-hybridized carbons (Fsp3) is 0.167. The van der Waals surface area contributed by atoms with Crippen molar-refractivity contribution in [3.05, 3.63) is 88.4 Å². The van der Waals surface area contributed by atoms with E-state index in [2.05, 4.69) is 26.5 Å². The third kappa shape index (κ3) is 6.21. The van der Waals surface area contributed by atoms with Crippen LogP contribution in [0.3, 0.4) is 0 Å². The molecular formula is C24H25BrN4O3S. The summed E-state index contributed by atoms with van der Waals surface area (Å²) in [4.78, 5) is 14.7. The summed E-state index contributed by atoms with van der Waals surface area (Å²) in [6.07, 6.45) is 1.50. The second-order valence-electron chi connectivity index (χ2n) is 7.56. The lowest BCUT2D eigenvalue weighted by molar-refractivity contribution is -0.119. The molecule has 1 amide bonds. The molecule has 0 atom stereocenters. The van der Waals surface area contributed by atoms with Crippen molar-refractivity contribution >= 4 is 49.4 Å². The monoisotopic (exact) mass is 528 g/mol. The van der Waals surface area contributed by atoms with Gasteiger partial charge < -0.3 is 4.90 Å². The first-order chi connectivity index (χ1) is 15.7. The number of benzene rings is 3. The summed E-state index contributed by atoms with van der Waals surface area (Å²) in [5.74, 6) is -0.559. The van der Waals surface area contributed by atoms with Gasteiger partial charge in [0.25, 0.3) is 15.9 Å². The van der Waals surface area contributed by atoms with E-state index in [0.717, 1.165) is 25.6 Å². The zero-order chi connectivity index (χ0) is 24.0. The average molecular weight is 529 g/mol. The van der Waals surface area contributed by atoms with Gasteiger partial charge in [-0.15, -0.1) is 0 Å². The molecule has 9 heteroatoms. The number of hydrogen-bond acceptors (Lipinski definition) is 5. The second-order valence-corrected chi connectivity index (χ2v) is 10.3. The Kier molecular flexibility index (Phi) is 7.88. The van der Waals surface area contributed by atoms with Gasteiger partial charge >= 0.3 is 0 Å². The predicted octanol–water partition coefficient (Wildman–Crippen LogP) is 4.17. The normalized spacial score (nSPS) is 11.4. The molecule has 3 rings (SSSR count). The van der Waals surface area contributed by atoms with Crippen LogP contribution in [0.15, 0.2) is 87.3 Å². The van der Waals surface area contributed by atoms with E-state index in [1.54, 1.807) is 36.4 Å². The standard InChI is InChI=1S/C24H25BrN4O3S/c1-18-8-7-9-20(14-18)29(33(31,32)21-10-5-4-6-11-21)17-24(30)27-26-16-19-12-13-23(28(2)3)22(25)15-19/h4-16H,17H2,1-3H3,(H,27,30)/b26-16-. The summed E-state index contributed by atoms with van der Waals surface area (Å²) >= 11 is 3.51. The highest BCUT2D eigenvalue weighted by Gasteiger charge is 2.27. The number of amides is 1. The van der Waals surface area contributed by atoms with E-state index in [4.69, 9.17) is 0 Å². The van der Waals surface area contributed by atoms with E-state index >= 15 is 0 Å². The second kappa shape index (κ2) is 10.6. The minimum Gasteiger partial charge on any atom is -0.377 e. The van der Waals surface area contributed by atoms with Crippen LogP contribution in [0.2, 0.25) is 0 Å². The molecule has 3 aromatic rings. The Labute approximate surface area is 202 Å². The fourth-order valence-electron chi connectivity index (χ4n) is 3.13. The lowest BCUT2D eigenvalue weighted by Gasteiger charge is -2.24. The zero-order valence-corrected chi connectivity index (χ0v) is 21.0. The number of hydrazone groups is 1. The maximum Gasteiger partial charge on any atom is 0.264 e. The van der Waals surface area contributed by atoms with Gasteiger partial charge in [-0.1, -0.05) is 36.4 Å². The molecule has 0 aliphatic carbocycles. The van der Waals surface area contributed by atoms with E-state index in [-0.39, 0.29) is 4.90 Å². The summed E-state index contributed by atoms with van der Waals surface area (Å²) in [6, 6.07) is 20.7. The topological polar surface area (TPSA) is 82.1 Å². The Bertz CT molecular complexity index is 1260. The molecule has 0 fully saturated rings. The van der Waals surface area contributed by atoms with E-state index in [0.29, 0.717) is 5.69 Å². The van der Waals surface area contributed by atoms with Crippen molar-refractivity contribution in [1.82, 2.24) is 5.43 Å². The SMILES string of the molecule is Cc1cccc(N(CC(=O)N/N=C\c2ccc(N(C)C)c(Br)c2)S(=O)(=O)c2ccccc2)c1. The first-order valence-electron chi connectivity index (χ1n) is 10.1. The van der Waals surface area contributed by atoms with Gasteiger partial charge in [-0.25, -0.2) is 13.8 Å². The van der Waals surface area contributed by atoms with Crippen LogP contribution < -0.4 is 14.6 Å². The van der Waals surface area contributed by atoms with Crippen molar-refractivity contribution in [2.75, 3.05) is 29.8 Å². The van der Waals surface area contributed by atoms with E-state index in [1.165, 1.54) is 18.3 Å². The molecule has 172 valence electrons. The summed E-state index contributed by atoms with van der Waals surface area (Å²) < 4.78 is 28.6. The first-order valence-corrected chi connectivity index (χ1v) is 12.3. The van der Waals surface area contributed by atoms with Crippen molar-refractivity contribution in [3.63, 3.8) is 0 Å². The van der Waals surface area contributed by atoms with Crippen molar-refractivity contribution in [2.45, 2.75) is 11.8 Å². The van der Waals surface area contributed by atoms with Gasteiger partial charge in [-0.2, -0.15) is 5.10 Å². The quantitative estimate of drug-likeness (QED) is 0.351. The van der Waals surface area contributed by atoms with Crippen LogP contribution in [0.5, 0.6) is 0 Å². The molecule has 0 saturated carbocycles. The molecule has 0 bridgehead atoms. The Balaban J connectivity index is 1.79. The molecule has 1 N–H and O–H groups in total. The highest BCUT2D eigenvalue weighted by molar-refractivity contribution is 9.10. The molecule has 33 heavy (non-hydrogen) atoms. The summed E-state index contributed by atoms with van der Waals surface area (Å²) in [5.41, 5.74) is 5.50. The summed E-state index contributed by atoms with van der Waals surface area (Å²) in [7, 11) is -0.0679. The van der Waals surface area contributed by atoms with Gasteiger partial charge in [0.2, 0.25) is 0 Å². The highest BCUT2D eigenvalue weighted by Crippen LogP contribution is 2.26. The van der Waals surface area contributed by atoms with Crippen molar-refractivity contribution < 1.29 is 13.2 Å². The third-order valence-corrected chi connectivity index (χ3v) is 7.19. The first kappa shape index (κ1) is 24.5. The molecule has 0 saturated heterocycles. The van der Waals surface area contributed by atoms with Crippen molar-refractivity contribution in [3.8, 4) is 0 Å². The van der Waals surface area contributed by atoms with Gasteiger partial charge in [0.05, 0.1) is 22.5 Å². The number of hydrogen-bond donors (Lipinski definition) is 1. The van der Waals surface area contributed by atoms with Crippen LogP contribution in [-0.2, 0) is 14.8 Å². The Morgan fingerprint density at radius 2 is 1.76 bits per heavy atom. The lowest BCUT2D eigenvalue weighted by Crippen LogP contribution is -2.39. The van der Waals surface area contributed by atoms with Gasteiger partial charge in [-0.05, 0) is 70.4 Å². The maximum absolute atomic E-state index is 13.3. The fourth-order valence-corrected chi connectivity index (χ4v) is 5.31. The number of carbonyl (C=O) groups excluding carboxylic acids is 1. The molecule has 0 aromatic heterocycles. The van der Waals surface area contributed by atoms with E-state index < -0.39 is 22.5 Å². The Morgan fingerprint density at radius 1 is 1.03 bits per heavy atom. The number of carbonyl (C=O) groups is 1. The highest BCUT2D eigenvalue weighted by atomic mass is 79.9. The van der Waals surface area contributed by atoms with E-state index in [1.807, 2.05) is 50.2 Å². The molecule has 0 spiro atoms. The van der Waals surface area contributed by atoms with Crippen LogP contribution in [0, 0.1) is 6.92 Å². The number of nitrogens with one attached hydrogen (secondary N) is 1. The smallest absolute Gasteiger partial charge is 0.264 e. The average Bonchev–Trinajstić information content (AvgIpc) is 2.78. The minimum absolute atomic E-state index is 0.105. The summed E-state index contributed by atoms with van der Waals surface area (Å²) in [6.45, 7) is 1.45. The molecule has 0 unspecified atom stereocenters. The van der Waals surface area contributed by atoms with Crippen LogP contribution >= 0.6 is 15.9 Å². The number of aryl methyl sites for hydroxylation is 1. The van der Waals surface area contributed by atoms with Crippen LogP contribution in [0.25, 0.3) is 0 Å². The van der Waals surface area contributed by atoms with Crippen LogP contribution in [0.4, 0.5) is 11.4 Å². The zero-order valence-electron chi connectivity index (χ0n) is 18.6. The molecular weight excluding hydrogens is 504 g/mol. The number of nitrogens with zero attached hydrogens (tertiary/aromatic N) is 3. The number of halogens is 1. The van der Waals surface area contributed by atoms with Crippen LogP contribution in [-0.4, -0.2) is 41.2 Å². The molecule has 0 aliphatic rings. The number of sulfonamides is 1. The van der Waals surface area contributed by atoms with Gasteiger partial charge in [0.15, 0.2) is 0 Å². The molecule has 0 radical (unpaired) electrons. The summed E-state index contributed by atoms with van der Waals surface area (Å²) in [5, 5.41) is 4.00. The van der Waals surface area contributed by atoms with Crippen LogP contribution in [0.1, 0.15) is 11.1 Å². The van der Waals surface area contributed by atoms with E-state index in [9.17, 15) is 13.2 Å².